The number of H-pyrrole nitrogens is 1. The molecule has 0 saturated heterocycles. The quantitative estimate of drug-likeness (QED) is 0.534. The van der Waals surface area contributed by atoms with Crippen molar-refractivity contribution < 1.29 is 0 Å². The molecule has 5 heteroatoms. The zero-order valence-electron chi connectivity index (χ0n) is 16.8. The second-order valence-corrected chi connectivity index (χ2v) is 8.06. The Kier molecular flexibility index (Phi) is 6.87. The molecule has 0 radical (unpaired) electrons. The molecule has 0 aliphatic heterocycles. The van der Waals surface area contributed by atoms with E-state index in [1.54, 1.807) is 18.2 Å². The highest BCUT2D eigenvalue weighted by molar-refractivity contribution is 6.31. The van der Waals surface area contributed by atoms with Crippen molar-refractivity contribution >= 4 is 22.5 Å². The molecule has 2 N–H and O–H groups in total. The maximum absolute atomic E-state index is 12.3. The van der Waals surface area contributed by atoms with Gasteiger partial charge in [-0.1, -0.05) is 63.1 Å². The van der Waals surface area contributed by atoms with Crippen LogP contribution in [0.3, 0.4) is 0 Å². The number of hydrogen-bond donors (Lipinski definition) is 2. The number of nitrogens with zero attached hydrogens (tertiary/aromatic N) is 1. The van der Waals surface area contributed by atoms with Crippen LogP contribution in [0.1, 0.15) is 56.6 Å². The zero-order valence-corrected chi connectivity index (χ0v) is 17.5. The first-order valence-electron chi connectivity index (χ1n) is 9.98. The van der Waals surface area contributed by atoms with Crippen molar-refractivity contribution in [1.82, 2.24) is 15.3 Å². The Labute approximate surface area is 171 Å². The molecule has 148 valence electrons. The molecule has 0 aliphatic rings. The maximum Gasteiger partial charge on any atom is 0.258 e. The van der Waals surface area contributed by atoms with Crippen LogP contribution in [0.4, 0.5) is 0 Å². The summed E-state index contributed by atoms with van der Waals surface area (Å²) in [7, 11) is 0. The van der Waals surface area contributed by atoms with Crippen LogP contribution >= 0.6 is 11.6 Å². The highest BCUT2D eigenvalue weighted by Crippen LogP contribution is 2.23. The molecule has 0 bridgehead atoms. The number of unbranched alkanes of at least 4 members (excludes halogenated alkanes) is 1. The minimum atomic E-state index is -0.139. The normalized spacial score (nSPS) is 12.6. The average Bonchev–Trinajstić information content (AvgIpc) is 2.67. The number of aromatic nitrogens is 2. The molecule has 0 saturated carbocycles. The van der Waals surface area contributed by atoms with E-state index in [1.165, 1.54) is 24.0 Å². The molecule has 0 fully saturated rings. The molecule has 0 amide bonds. The molecule has 3 aromatic rings. The molecule has 0 aliphatic carbocycles. The van der Waals surface area contributed by atoms with Gasteiger partial charge in [0.15, 0.2) is 0 Å². The summed E-state index contributed by atoms with van der Waals surface area (Å²) >= 11 is 6.05. The molecule has 1 heterocycles. The van der Waals surface area contributed by atoms with Crippen LogP contribution in [-0.2, 0) is 13.0 Å². The number of nitrogens with one attached hydrogen (secondary N) is 2. The highest BCUT2D eigenvalue weighted by atomic mass is 35.5. The predicted molar refractivity (Wildman–Crippen MR) is 117 cm³/mol. The van der Waals surface area contributed by atoms with Crippen LogP contribution in [0.25, 0.3) is 10.9 Å². The number of fused-ring (bicyclic) bond motifs is 1. The van der Waals surface area contributed by atoms with E-state index in [2.05, 4.69) is 60.3 Å². The van der Waals surface area contributed by atoms with Crippen molar-refractivity contribution in [3.8, 4) is 0 Å². The molecular weight excluding hydrogens is 370 g/mol. The van der Waals surface area contributed by atoms with Gasteiger partial charge in [0.05, 0.1) is 17.4 Å². The zero-order chi connectivity index (χ0) is 20.1. The fraction of sp³-hybridized carbons (Fsp3) is 0.391. The number of aromatic amines is 1. The summed E-state index contributed by atoms with van der Waals surface area (Å²) in [6, 6.07) is 14.2. The van der Waals surface area contributed by atoms with Crippen LogP contribution in [0.2, 0.25) is 5.02 Å². The lowest BCUT2D eigenvalue weighted by molar-refractivity contribution is 0.406. The van der Waals surface area contributed by atoms with Crippen molar-refractivity contribution in [1.29, 1.82) is 0 Å². The summed E-state index contributed by atoms with van der Waals surface area (Å²) in [5.41, 5.74) is 3.11. The second-order valence-electron chi connectivity index (χ2n) is 7.62. The lowest BCUT2D eigenvalue weighted by Gasteiger charge is -2.23. The van der Waals surface area contributed by atoms with Gasteiger partial charge in [-0.05, 0) is 48.1 Å². The summed E-state index contributed by atoms with van der Waals surface area (Å²) in [5.74, 6) is 1.02. The number of benzene rings is 2. The van der Waals surface area contributed by atoms with Gasteiger partial charge in [0.2, 0.25) is 0 Å². The van der Waals surface area contributed by atoms with Crippen molar-refractivity contribution in [2.45, 2.75) is 52.6 Å². The van der Waals surface area contributed by atoms with E-state index in [9.17, 15) is 4.79 Å². The summed E-state index contributed by atoms with van der Waals surface area (Å²) < 4.78 is 0. The number of rotatable bonds is 8. The molecule has 1 atom stereocenters. The number of hydrogen-bond acceptors (Lipinski definition) is 3. The third-order valence-electron chi connectivity index (χ3n) is 5.03. The topological polar surface area (TPSA) is 57.8 Å². The third kappa shape index (κ3) is 5.00. The molecular formula is C23H28ClN3O. The Balaban J connectivity index is 1.76. The Morgan fingerprint density at radius 3 is 2.57 bits per heavy atom. The van der Waals surface area contributed by atoms with Gasteiger partial charge in [-0.3, -0.25) is 4.79 Å². The molecule has 1 aromatic heterocycles. The smallest absolute Gasteiger partial charge is 0.258 e. The highest BCUT2D eigenvalue weighted by Gasteiger charge is 2.16. The van der Waals surface area contributed by atoms with E-state index in [-0.39, 0.29) is 11.6 Å². The van der Waals surface area contributed by atoms with E-state index in [4.69, 9.17) is 11.6 Å². The Morgan fingerprint density at radius 2 is 1.89 bits per heavy atom. The summed E-state index contributed by atoms with van der Waals surface area (Å²) in [4.78, 5) is 19.8. The van der Waals surface area contributed by atoms with Gasteiger partial charge in [0.1, 0.15) is 5.82 Å². The predicted octanol–water partition coefficient (Wildman–Crippen LogP) is 5.41. The van der Waals surface area contributed by atoms with Crippen molar-refractivity contribution in [3.63, 3.8) is 0 Å². The van der Waals surface area contributed by atoms with Gasteiger partial charge in [-0.25, -0.2) is 4.98 Å². The molecule has 0 spiro atoms. The lowest BCUT2D eigenvalue weighted by Crippen LogP contribution is -2.27. The van der Waals surface area contributed by atoms with Gasteiger partial charge in [0, 0.05) is 11.1 Å². The summed E-state index contributed by atoms with van der Waals surface area (Å²) in [6.45, 7) is 7.09. The van der Waals surface area contributed by atoms with Crippen LogP contribution in [0.5, 0.6) is 0 Å². The van der Waals surface area contributed by atoms with Crippen molar-refractivity contribution in [2.75, 3.05) is 0 Å². The monoisotopic (exact) mass is 397 g/mol. The first-order valence-corrected chi connectivity index (χ1v) is 10.4. The van der Waals surface area contributed by atoms with Gasteiger partial charge in [-0.15, -0.1) is 0 Å². The molecule has 2 aromatic carbocycles. The number of halogens is 1. The fourth-order valence-electron chi connectivity index (χ4n) is 3.46. The Bertz CT molecular complexity index is 979. The standard InChI is InChI=1S/C23H28ClN3O/c1-4-5-6-16-7-9-17(10-8-16)22(15(2)3)25-14-21-26-20-13-18(24)11-12-19(20)23(28)27-21/h7-13,15,22,25H,4-6,14H2,1-3H3,(H,26,27,28)/t22-/m0/s1. The Morgan fingerprint density at radius 1 is 1.14 bits per heavy atom. The summed E-state index contributed by atoms with van der Waals surface area (Å²) in [5, 5.41) is 4.68. The lowest BCUT2D eigenvalue weighted by atomic mass is 9.94. The molecule has 4 nitrogen and oxygen atoms in total. The first-order chi connectivity index (χ1) is 13.5. The van der Waals surface area contributed by atoms with Crippen LogP contribution in [-0.4, -0.2) is 9.97 Å². The van der Waals surface area contributed by atoms with E-state index in [0.717, 1.165) is 6.42 Å². The van der Waals surface area contributed by atoms with Gasteiger partial charge in [0.25, 0.3) is 5.56 Å². The maximum atomic E-state index is 12.3. The SMILES string of the molecule is CCCCc1ccc([C@@H](NCc2nc3cc(Cl)ccc3c(=O)[nH]2)C(C)C)cc1. The van der Waals surface area contributed by atoms with Crippen LogP contribution in [0.15, 0.2) is 47.3 Å². The Hall–Kier alpha value is -2.17. The third-order valence-corrected chi connectivity index (χ3v) is 5.27. The van der Waals surface area contributed by atoms with E-state index >= 15 is 0 Å². The van der Waals surface area contributed by atoms with E-state index in [1.807, 2.05) is 0 Å². The largest absolute Gasteiger partial charge is 0.309 e. The minimum Gasteiger partial charge on any atom is -0.309 e. The van der Waals surface area contributed by atoms with Crippen LogP contribution < -0.4 is 10.9 Å². The van der Waals surface area contributed by atoms with Crippen molar-refractivity contribution in [3.05, 3.63) is 74.8 Å². The summed E-state index contributed by atoms with van der Waals surface area (Å²) in [6.07, 6.45) is 3.55. The van der Waals surface area contributed by atoms with Gasteiger partial charge < -0.3 is 10.3 Å². The molecule has 3 rings (SSSR count). The van der Waals surface area contributed by atoms with Crippen LogP contribution in [0, 0.1) is 5.92 Å². The molecule has 0 unspecified atom stereocenters. The average molecular weight is 398 g/mol. The van der Waals surface area contributed by atoms with E-state index in [0.29, 0.717) is 34.2 Å². The van der Waals surface area contributed by atoms with Gasteiger partial charge in [-0.2, -0.15) is 0 Å². The second kappa shape index (κ2) is 9.35. The fourth-order valence-corrected chi connectivity index (χ4v) is 3.63. The minimum absolute atomic E-state index is 0.139. The van der Waals surface area contributed by atoms with Crippen molar-refractivity contribution in [2.24, 2.45) is 5.92 Å². The van der Waals surface area contributed by atoms with Gasteiger partial charge >= 0.3 is 0 Å². The molecule has 28 heavy (non-hydrogen) atoms. The van der Waals surface area contributed by atoms with E-state index < -0.39 is 0 Å². The first kappa shape index (κ1) is 20.6. The number of aryl methyl sites for hydroxylation is 1.